The predicted molar refractivity (Wildman–Crippen MR) is 74.1 cm³/mol. The third-order valence-corrected chi connectivity index (χ3v) is 4.76. The lowest BCUT2D eigenvalue weighted by molar-refractivity contribution is 0.287. The summed E-state index contributed by atoms with van der Waals surface area (Å²) in [5, 5.41) is 0. The first-order chi connectivity index (χ1) is 8.48. The van der Waals surface area contributed by atoms with Gasteiger partial charge in [0.15, 0.2) is 9.84 Å². The van der Waals surface area contributed by atoms with E-state index >= 15 is 0 Å². The molecule has 0 aliphatic carbocycles. The third-order valence-electron chi connectivity index (χ3n) is 2.96. The highest BCUT2D eigenvalue weighted by molar-refractivity contribution is 7.91. The van der Waals surface area contributed by atoms with Crippen molar-refractivity contribution in [1.82, 2.24) is 9.88 Å². The molecule has 0 atom stereocenters. The molecule has 0 unspecified atom stereocenters. The molecule has 1 fully saturated rings. The van der Waals surface area contributed by atoms with Crippen molar-refractivity contribution >= 4 is 27.0 Å². The zero-order chi connectivity index (χ0) is 13.2. The Hall–Kier alpha value is -1.05. The molecule has 2 N–H and O–H groups in total. The van der Waals surface area contributed by atoms with Gasteiger partial charge in [-0.2, -0.15) is 0 Å². The molecule has 98 valence electrons. The maximum absolute atomic E-state index is 11.3. The highest BCUT2D eigenvalue weighted by atomic mass is 32.2. The highest BCUT2D eigenvalue weighted by Gasteiger charge is 2.22. The number of hydrogen-bond donors (Lipinski definition) is 1. The first-order valence-corrected chi connectivity index (χ1v) is 7.87. The lowest BCUT2D eigenvalue weighted by Crippen LogP contribution is -2.40. The van der Waals surface area contributed by atoms with Gasteiger partial charge in [0.1, 0.15) is 10.7 Å². The van der Waals surface area contributed by atoms with Crippen LogP contribution in [0.1, 0.15) is 11.3 Å². The zero-order valence-electron chi connectivity index (χ0n) is 9.87. The van der Waals surface area contributed by atoms with Crippen molar-refractivity contribution in [2.45, 2.75) is 6.54 Å². The molecular formula is C11H15N3O2S2. The van der Waals surface area contributed by atoms with Gasteiger partial charge in [0, 0.05) is 25.8 Å². The van der Waals surface area contributed by atoms with Crippen LogP contribution in [0.25, 0.3) is 0 Å². The van der Waals surface area contributed by atoms with Gasteiger partial charge in [-0.3, -0.25) is 9.88 Å². The Morgan fingerprint density at radius 3 is 2.72 bits per heavy atom. The molecule has 0 bridgehead atoms. The van der Waals surface area contributed by atoms with E-state index in [1.165, 1.54) is 0 Å². The molecule has 0 radical (unpaired) electrons. The van der Waals surface area contributed by atoms with Gasteiger partial charge in [0.05, 0.1) is 11.5 Å². The summed E-state index contributed by atoms with van der Waals surface area (Å²) in [7, 11) is -2.84. The maximum atomic E-state index is 11.3. The fourth-order valence-electron chi connectivity index (χ4n) is 1.94. The fourth-order valence-corrected chi connectivity index (χ4v) is 3.40. The summed E-state index contributed by atoms with van der Waals surface area (Å²) < 4.78 is 22.7. The van der Waals surface area contributed by atoms with E-state index in [0.29, 0.717) is 25.3 Å². The SMILES string of the molecule is NC(=S)c1ncccc1CN1CCS(=O)(=O)CC1. The van der Waals surface area contributed by atoms with Gasteiger partial charge in [-0.05, 0) is 11.6 Å². The van der Waals surface area contributed by atoms with Crippen LogP contribution in [0.2, 0.25) is 0 Å². The normalized spacial score (nSPS) is 19.6. The van der Waals surface area contributed by atoms with Gasteiger partial charge >= 0.3 is 0 Å². The summed E-state index contributed by atoms with van der Waals surface area (Å²) in [6.07, 6.45) is 1.65. The molecule has 1 saturated heterocycles. The minimum absolute atomic E-state index is 0.218. The number of sulfone groups is 1. The standard InChI is InChI=1S/C11H15N3O2S2/c12-11(17)10-9(2-1-3-13-10)8-14-4-6-18(15,16)7-5-14/h1-3H,4-8H2,(H2,12,17). The molecule has 2 rings (SSSR count). The highest BCUT2D eigenvalue weighted by Crippen LogP contribution is 2.12. The molecule has 0 saturated carbocycles. The number of thiocarbonyl (C=S) groups is 1. The van der Waals surface area contributed by atoms with Crippen LogP contribution < -0.4 is 5.73 Å². The van der Waals surface area contributed by atoms with E-state index in [4.69, 9.17) is 18.0 Å². The second-order valence-electron chi connectivity index (χ2n) is 4.30. The Morgan fingerprint density at radius 2 is 2.11 bits per heavy atom. The minimum atomic E-state index is -2.84. The van der Waals surface area contributed by atoms with E-state index in [1.807, 2.05) is 12.1 Å². The van der Waals surface area contributed by atoms with Crippen molar-refractivity contribution in [2.24, 2.45) is 5.73 Å². The summed E-state index contributed by atoms with van der Waals surface area (Å²) in [4.78, 5) is 6.52. The molecule has 0 amide bonds. The van der Waals surface area contributed by atoms with Gasteiger partial charge < -0.3 is 5.73 Å². The average molecular weight is 285 g/mol. The Morgan fingerprint density at radius 1 is 1.44 bits per heavy atom. The number of aromatic nitrogens is 1. The molecule has 1 aromatic rings. The van der Waals surface area contributed by atoms with Crippen LogP contribution in [-0.2, 0) is 16.4 Å². The third kappa shape index (κ3) is 3.24. The second kappa shape index (κ2) is 5.29. The summed E-state index contributed by atoms with van der Waals surface area (Å²) in [5.74, 6) is 0.436. The van der Waals surface area contributed by atoms with Crippen LogP contribution in [0, 0.1) is 0 Å². The molecule has 2 heterocycles. The first-order valence-electron chi connectivity index (χ1n) is 5.64. The van der Waals surface area contributed by atoms with Crippen LogP contribution >= 0.6 is 12.2 Å². The van der Waals surface area contributed by atoms with Crippen LogP contribution in [-0.4, -0.2) is 47.9 Å². The smallest absolute Gasteiger partial charge is 0.152 e. The number of hydrogen-bond acceptors (Lipinski definition) is 5. The second-order valence-corrected chi connectivity index (χ2v) is 7.05. The van der Waals surface area contributed by atoms with Gasteiger partial charge in [-0.15, -0.1) is 0 Å². The molecule has 7 heteroatoms. The molecule has 1 aliphatic heterocycles. The summed E-state index contributed by atoms with van der Waals surface area (Å²) in [6.45, 7) is 1.73. The van der Waals surface area contributed by atoms with E-state index in [2.05, 4.69) is 9.88 Å². The molecule has 1 aromatic heterocycles. The lowest BCUT2D eigenvalue weighted by atomic mass is 10.2. The largest absolute Gasteiger partial charge is 0.388 e. The van der Waals surface area contributed by atoms with Gasteiger partial charge in [-0.25, -0.2) is 8.42 Å². The number of nitrogens with zero attached hydrogens (tertiary/aromatic N) is 2. The quantitative estimate of drug-likeness (QED) is 0.785. The van der Waals surface area contributed by atoms with Crippen LogP contribution in [0.4, 0.5) is 0 Å². The van der Waals surface area contributed by atoms with Crippen molar-refractivity contribution in [3.05, 3.63) is 29.6 Å². The number of nitrogens with two attached hydrogens (primary N) is 1. The van der Waals surface area contributed by atoms with Crippen molar-refractivity contribution in [3.8, 4) is 0 Å². The summed E-state index contributed by atoms with van der Waals surface area (Å²) in [6, 6.07) is 3.75. The Kier molecular flexibility index (Phi) is 3.94. The average Bonchev–Trinajstić information content (AvgIpc) is 2.32. The number of rotatable bonds is 3. The summed E-state index contributed by atoms with van der Waals surface area (Å²) >= 11 is 4.95. The van der Waals surface area contributed by atoms with E-state index < -0.39 is 9.84 Å². The molecule has 5 nitrogen and oxygen atoms in total. The fraction of sp³-hybridized carbons (Fsp3) is 0.455. The Bertz CT molecular complexity index is 543. The first kappa shape index (κ1) is 13.4. The van der Waals surface area contributed by atoms with Crippen molar-refractivity contribution < 1.29 is 8.42 Å². The molecule has 0 aromatic carbocycles. The van der Waals surface area contributed by atoms with Gasteiger partial charge in [0.2, 0.25) is 0 Å². The van der Waals surface area contributed by atoms with Gasteiger partial charge in [0.25, 0.3) is 0 Å². The zero-order valence-corrected chi connectivity index (χ0v) is 11.5. The molecule has 0 spiro atoms. The van der Waals surface area contributed by atoms with E-state index in [9.17, 15) is 8.42 Å². The Labute approximate surface area is 112 Å². The van der Waals surface area contributed by atoms with E-state index in [-0.39, 0.29) is 16.5 Å². The lowest BCUT2D eigenvalue weighted by Gasteiger charge is -2.26. The molecule has 1 aliphatic rings. The van der Waals surface area contributed by atoms with Crippen molar-refractivity contribution in [3.63, 3.8) is 0 Å². The van der Waals surface area contributed by atoms with Gasteiger partial charge in [-0.1, -0.05) is 18.3 Å². The predicted octanol–water partition coefficient (Wildman–Crippen LogP) is -0.0538. The van der Waals surface area contributed by atoms with Crippen LogP contribution in [0.5, 0.6) is 0 Å². The number of pyridine rings is 1. The Balaban J connectivity index is 2.09. The monoisotopic (exact) mass is 285 g/mol. The topological polar surface area (TPSA) is 76.3 Å². The van der Waals surface area contributed by atoms with Crippen LogP contribution in [0.15, 0.2) is 18.3 Å². The summed E-state index contributed by atoms with van der Waals surface area (Å²) in [5.41, 5.74) is 7.19. The maximum Gasteiger partial charge on any atom is 0.152 e. The van der Waals surface area contributed by atoms with Crippen molar-refractivity contribution in [1.29, 1.82) is 0 Å². The molecule has 18 heavy (non-hydrogen) atoms. The van der Waals surface area contributed by atoms with Crippen molar-refractivity contribution in [2.75, 3.05) is 24.6 Å². The van der Waals surface area contributed by atoms with E-state index in [1.54, 1.807) is 6.20 Å². The van der Waals surface area contributed by atoms with Crippen LogP contribution in [0.3, 0.4) is 0 Å². The van der Waals surface area contributed by atoms with E-state index in [0.717, 1.165) is 5.56 Å². The minimum Gasteiger partial charge on any atom is -0.388 e. The molecular weight excluding hydrogens is 270 g/mol.